The Bertz CT molecular complexity index is 1130. The second-order valence-corrected chi connectivity index (χ2v) is 6.89. The zero-order valence-corrected chi connectivity index (χ0v) is 14.6. The molecule has 0 saturated carbocycles. The zero-order chi connectivity index (χ0) is 17.4. The van der Waals surface area contributed by atoms with Gasteiger partial charge in [0.2, 0.25) is 0 Å². The fourth-order valence-electron chi connectivity index (χ4n) is 2.33. The lowest BCUT2D eigenvalue weighted by atomic mass is 10.2. The highest BCUT2D eigenvalue weighted by Crippen LogP contribution is 2.24. The van der Waals surface area contributed by atoms with Crippen molar-refractivity contribution in [2.45, 2.75) is 6.92 Å². The largest absolute Gasteiger partial charge is 0.298 e. The van der Waals surface area contributed by atoms with Gasteiger partial charge >= 0.3 is 0 Å². The molecule has 0 spiro atoms. The lowest BCUT2D eigenvalue weighted by molar-refractivity contribution is 0.102. The average molecular weight is 369 g/mol. The number of rotatable bonds is 3. The van der Waals surface area contributed by atoms with Crippen LogP contribution in [-0.2, 0) is 0 Å². The minimum Gasteiger partial charge on any atom is -0.298 e. The highest BCUT2D eigenvalue weighted by molar-refractivity contribution is 7.15. The molecule has 1 N–H and O–H groups in total. The van der Waals surface area contributed by atoms with Gasteiger partial charge in [0.1, 0.15) is 5.56 Å². The number of carbonyl (C=O) groups is 1. The standard InChI is InChI=1S/C16H11N5O2S2/c1-9-7-25-16-18-6-11(14(23)21(9)16)13(22)20-15-19-12(8-24-15)10-2-4-17-5-3-10/h2-8H,1H3,(H,19,20,22). The molecule has 0 aliphatic rings. The molecule has 1 amide bonds. The number of thiazole rings is 2. The first kappa shape index (κ1) is 15.6. The van der Waals surface area contributed by atoms with E-state index in [-0.39, 0.29) is 11.1 Å². The molecular weight excluding hydrogens is 358 g/mol. The first-order valence-electron chi connectivity index (χ1n) is 7.26. The van der Waals surface area contributed by atoms with Crippen LogP contribution in [0.1, 0.15) is 16.1 Å². The fourth-order valence-corrected chi connectivity index (χ4v) is 3.87. The van der Waals surface area contributed by atoms with E-state index in [1.54, 1.807) is 19.3 Å². The molecule has 124 valence electrons. The van der Waals surface area contributed by atoms with Gasteiger partial charge < -0.3 is 0 Å². The van der Waals surface area contributed by atoms with Crippen molar-refractivity contribution in [1.82, 2.24) is 19.4 Å². The Hall–Kier alpha value is -2.91. The van der Waals surface area contributed by atoms with E-state index < -0.39 is 5.91 Å². The minimum atomic E-state index is -0.520. The molecule has 0 unspecified atom stereocenters. The normalized spacial score (nSPS) is 10.9. The SMILES string of the molecule is Cc1csc2ncc(C(=O)Nc3nc(-c4ccncc4)cs3)c(=O)n12. The van der Waals surface area contributed by atoms with Gasteiger partial charge in [-0.05, 0) is 19.1 Å². The number of fused-ring (bicyclic) bond motifs is 1. The summed E-state index contributed by atoms with van der Waals surface area (Å²) in [5, 5.41) is 6.75. The Morgan fingerprint density at radius 1 is 1.20 bits per heavy atom. The molecule has 25 heavy (non-hydrogen) atoms. The fraction of sp³-hybridized carbons (Fsp3) is 0.0625. The van der Waals surface area contributed by atoms with Gasteiger partial charge in [-0.3, -0.25) is 24.3 Å². The number of amides is 1. The molecule has 0 fully saturated rings. The van der Waals surface area contributed by atoms with Crippen LogP contribution in [0.4, 0.5) is 5.13 Å². The number of pyridine rings is 1. The Balaban J connectivity index is 1.63. The number of aryl methyl sites for hydroxylation is 1. The number of hydrogen-bond donors (Lipinski definition) is 1. The van der Waals surface area contributed by atoms with Crippen molar-refractivity contribution in [1.29, 1.82) is 0 Å². The number of anilines is 1. The van der Waals surface area contributed by atoms with Crippen molar-refractivity contribution in [3.63, 3.8) is 0 Å². The summed E-state index contributed by atoms with van der Waals surface area (Å²) in [4.78, 5) is 38.0. The molecule has 9 heteroatoms. The number of hydrogen-bond acceptors (Lipinski definition) is 7. The second kappa shape index (κ2) is 6.19. The Morgan fingerprint density at radius 2 is 2.00 bits per heavy atom. The molecule has 4 rings (SSSR count). The molecule has 0 saturated heterocycles. The summed E-state index contributed by atoms with van der Waals surface area (Å²) in [6.07, 6.45) is 4.66. The number of aromatic nitrogens is 4. The van der Waals surface area contributed by atoms with Crippen molar-refractivity contribution < 1.29 is 4.79 Å². The smallest absolute Gasteiger partial charge is 0.271 e. The molecule has 4 aromatic rings. The molecule has 4 aromatic heterocycles. The van der Waals surface area contributed by atoms with Gasteiger partial charge in [-0.15, -0.1) is 22.7 Å². The molecule has 0 aromatic carbocycles. The van der Waals surface area contributed by atoms with Gasteiger partial charge in [0, 0.05) is 40.6 Å². The van der Waals surface area contributed by atoms with Crippen LogP contribution in [0.2, 0.25) is 0 Å². The molecule has 0 bridgehead atoms. The summed E-state index contributed by atoms with van der Waals surface area (Å²) >= 11 is 2.65. The highest BCUT2D eigenvalue weighted by Gasteiger charge is 2.16. The van der Waals surface area contributed by atoms with Crippen molar-refractivity contribution in [2.24, 2.45) is 0 Å². The van der Waals surface area contributed by atoms with Gasteiger partial charge in [0.15, 0.2) is 10.1 Å². The van der Waals surface area contributed by atoms with E-state index in [0.29, 0.717) is 10.1 Å². The van der Waals surface area contributed by atoms with E-state index in [9.17, 15) is 9.59 Å². The van der Waals surface area contributed by atoms with E-state index in [1.165, 1.54) is 33.3 Å². The Labute approximate surface area is 149 Å². The van der Waals surface area contributed by atoms with E-state index in [0.717, 1.165) is 17.0 Å². The van der Waals surface area contributed by atoms with Gasteiger partial charge in [-0.2, -0.15) is 0 Å². The quantitative estimate of drug-likeness (QED) is 0.600. The zero-order valence-electron chi connectivity index (χ0n) is 13.0. The average Bonchev–Trinajstić information content (AvgIpc) is 3.23. The molecule has 0 atom stereocenters. The van der Waals surface area contributed by atoms with Crippen LogP contribution in [0.3, 0.4) is 0 Å². The second-order valence-electron chi connectivity index (χ2n) is 5.20. The lowest BCUT2D eigenvalue weighted by Gasteiger charge is -2.02. The third kappa shape index (κ3) is 2.83. The monoisotopic (exact) mass is 369 g/mol. The summed E-state index contributed by atoms with van der Waals surface area (Å²) in [5.41, 5.74) is 2.00. The molecular formula is C16H11N5O2S2. The third-order valence-electron chi connectivity index (χ3n) is 3.56. The van der Waals surface area contributed by atoms with Gasteiger partial charge in [0.05, 0.1) is 5.69 Å². The summed E-state index contributed by atoms with van der Waals surface area (Å²) in [5.74, 6) is -0.520. The van der Waals surface area contributed by atoms with Crippen LogP contribution in [0.5, 0.6) is 0 Å². The molecule has 0 aliphatic heterocycles. The van der Waals surface area contributed by atoms with Crippen molar-refractivity contribution in [3.05, 3.63) is 63.1 Å². The molecule has 4 heterocycles. The third-order valence-corrected chi connectivity index (χ3v) is 5.28. The summed E-state index contributed by atoms with van der Waals surface area (Å²) in [7, 11) is 0. The number of carbonyl (C=O) groups excluding carboxylic acids is 1. The van der Waals surface area contributed by atoms with Crippen molar-refractivity contribution in [3.8, 4) is 11.3 Å². The van der Waals surface area contributed by atoms with E-state index in [1.807, 2.05) is 22.9 Å². The van der Waals surface area contributed by atoms with Gasteiger partial charge in [0.25, 0.3) is 11.5 Å². The van der Waals surface area contributed by atoms with Crippen LogP contribution in [0, 0.1) is 6.92 Å². The van der Waals surface area contributed by atoms with Crippen LogP contribution in [0.15, 0.2) is 46.3 Å². The molecule has 0 radical (unpaired) electrons. The maximum atomic E-state index is 12.5. The first-order chi connectivity index (χ1) is 12.1. The van der Waals surface area contributed by atoms with Crippen molar-refractivity contribution >= 4 is 38.7 Å². The van der Waals surface area contributed by atoms with Crippen LogP contribution >= 0.6 is 22.7 Å². The van der Waals surface area contributed by atoms with E-state index in [2.05, 4.69) is 20.3 Å². The van der Waals surface area contributed by atoms with Crippen LogP contribution < -0.4 is 10.9 Å². The predicted molar refractivity (Wildman–Crippen MR) is 97.4 cm³/mol. The topological polar surface area (TPSA) is 89.2 Å². The Kier molecular flexibility index (Phi) is 3.86. The summed E-state index contributed by atoms with van der Waals surface area (Å²) < 4.78 is 1.43. The van der Waals surface area contributed by atoms with Crippen LogP contribution in [-0.4, -0.2) is 25.3 Å². The van der Waals surface area contributed by atoms with Gasteiger partial charge in [-0.1, -0.05) is 0 Å². The minimum absolute atomic E-state index is 0.0142. The number of nitrogens with one attached hydrogen (secondary N) is 1. The summed E-state index contributed by atoms with van der Waals surface area (Å²) in [6, 6.07) is 3.68. The molecule has 7 nitrogen and oxygen atoms in total. The maximum absolute atomic E-state index is 12.5. The molecule has 0 aliphatic carbocycles. The summed E-state index contributed by atoms with van der Waals surface area (Å²) in [6.45, 7) is 1.80. The van der Waals surface area contributed by atoms with E-state index >= 15 is 0 Å². The van der Waals surface area contributed by atoms with Gasteiger partial charge in [-0.25, -0.2) is 9.97 Å². The van der Waals surface area contributed by atoms with Crippen LogP contribution in [0.25, 0.3) is 16.2 Å². The lowest BCUT2D eigenvalue weighted by Crippen LogP contribution is -2.26. The Morgan fingerprint density at radius 3 is 2.80 bits per heavy atom. The maximum Gasteiger partial charge on any atom is 0.271 e. The van der Waals surface area contributed by atoms with Crippen molar-refractivity contribution in [2.75, 3.05) is 5.32 Å². The highest BCUT2D eigenvalue weighted by atomic mass is 32.1. The number of nitrogens with zero attached hydrogens (tertiary/aromatic N) is 4. The first-order valence-corrected chi connectivity index (χ1v) is 9.02. The predicted octanol–water partition coefficient (Wildman–Crippen LogP) is 2.84. The van der Waals surface area contributed by atoms with E-state index in [4.69, 9.17) is 0 Å².